The molecule has 1 aromatic carbocycles. The van der Waals surface area contributed by atoms with Crippen LogP contribution in [0.4, 0.5) is 0 Å². The average molecular weight is 398 g/mol. The molecule has 1 N–H and O–H groups in total. The molecule has 0 aliphatic rings. The molecule has 3 rings (SSSR count). The third kappa shape index (κ3) is 3.90. The van der Waals surface area contributed by atoms with Gasteiger partial charge in [-0.2, -0.15) is 0 Å². The van der Waals surface area contributed by atoms with E-state index in [4.69, 9.17) is 8.83 Å². The fraction of sp³-hybridized carbons (Fsp3) is 0.409. The summed E-state index contributed by atoms with van der Waals surface area (Å²) in [6.07, 6.45) is 1.87. The van der Waals surface area contributed by atoms with Crippen molar-refractivity contribution in [2.75, 3.05) is 6.54 Å². The number of furan rings is 1. The number of carboxylic acids is 1. The molecule has 2 heterocycles. The molecule has 29 heavy (non-hydrogen) atoms. The smallest absolute Gasteiger partial charge is 0.339 e. The summed E-state index contributed by atoms with van der Waals surface area (Å²) >= 11 is 0. The fourth-order valence-corrected chi connectivity index (χ4v) is 3.56. The normalized spacial score (nSPS) is 11.9. The summed E-state index contributed by atoms with van der Waals surface area (Å²) in [6, 6.07) is 1.97. The number of amides is 1. The number of carbonyl (C=O) groups is 2. The molecule has 1 amide bonds. The Morgan fingerprint density at radius 1 is 1.10 bits per heavy atom. The van der Waals surface area contributed by atoms with Gasteiger partial charge in [0, 0.05) is 33.9 Å². The van der Waals surface area contributed by atoms with E-state index in [2.05, 4.69) is 26.1 Å². The molecule has 7 heteroatoms. The molecule has 154 valence electrons. The van der Waals surface area contributed by atoms with E-state index in [-0.39, 0.29) is 18.3 Å². The molecule has 3 aromatic rings. The summed E-state index contributed by atoms with van der Waals surface area (Å²) in [5, 5.41) is 14.5. The number of fused-ring (bicyclic) bond motifs is 2. The molecule has 0 bridgehead atoms. The summed E-state index contributed by atoms with van der Waals surface area (Å²) in [5.41, 5.74) is 3.51. The number of hydrogen-bond donors (Lipinski definition) is 1. The number of hydrogen-bond acceptors (Lipinski definition) is 6. The van der Waals surface area contributed by atoms with Crippen LogP contribution in [-0.4, -0.2) is 18.4 Å². The lowest BCUT2D eigenvalue weighted by molar-refractivity contribution is -0.304. The zero-order valence-electron chi connectivity index (χ0n) is 17.2. The third-order valence-electron chi connectivity index (χ3n) is 5.18. The first-order valence-corrected chi connectivity index (χ1v) is 9.44. The molecule has 0 fully saturated rings. The quantitative estimate of drug-likeness (QED) is 0.660. The standard InChI is InChI=1S/C22H25NO6/c1-11-13(6-7-17(24)23-9-18(25)26)21(27)29-20-12(2)19-15(8-14(11)20)16(10-28-19)22(3,4)5/h8,10H,6-7,9H2,1-5H3,(H,23,24)(H,25,26)/p-1. The van der Waals surface area contributed by atoms with Crippen LogP contribution in [-0.2, 0) is 21.4 Å². The van der Waals surface area contributed by atoms with Crippen molar-refractivity contribution in [1.82, 2.24) is 5.32 Å². The summed E-state index contributed by atoms with van der Waals surface area (Å²) in [5.74, 6) is -1.83. The van der Waals surface area contributed by atoms with E-state index in [0.29, 0.717) is 16.7 Å². The van der Waals surface area contributed by atoms with Gasteiger partial charge in [0.05, 0.1) is 18.8 Å². The van der Waals surface area contributed by atoms with E-state index in [1.807, 2.05) is 19.9 Å². The van der Waals surface area contributed by atoms with Crippen molar-refractivity contribution in [2.45, 2.75) is 52.9 Å². The van der Waals surface area contributed by atoms with Crippen LogP contribution in [0.25, 0.3) is 21.9 Å². The van der Waals surface area contributed by atoms with Gasteiger partial charge in [-0.15, -0.1) is 0 Å². The molecular weight excluding hydrogens is 374 g/mol. The first kappa shape index (κ1) is 20.6. The summed E-state index contributed by atoms with van der Waals surface area (Å²) in [6.45, 7) is 9.44. The van der Waals surface area contributed by atoms with Gasteiger partial charge in [0.2, 0.25) is 5.91 Å². The Morgan fingerprint density at radius 2 is 1.79 bits per heavy atom. The van der Waals surface area contributed by atoms with Gasteiger partial charge < -0.3 is 24.1 Å². The Bertz CT molecular complexity index is 1180. The Labute approximate surface area is 167 Å². The molecule has 0 atom stereocenters. The van der Waals surface area contributed by atoms with E-state index in [1.165, 1.54) is 0 Å². The number of carboxylic acid groups (broad SMARTS) is 1. The topological polar surface area (TPSA) is 113 Å². The SMILES string of the molecule is Cc1c(CCC(=O)NCC(=O)[O-])c(=O)oc2c(C)c3occ(C(C)(C)C)c3cc12. The van der Waals surface area contributed by atoms with Crippen LogP contribution in [0.3, 0.4) is 0 Å². The monoisotopic (exact) mass is 398 g/mol. The summed E-state index contributed by atoms with van der Waals surface area (Å²) in [7, 11) is 0. The number of benzene rings is 1. The van der Waals surface area contributed by atoms with E-state index >= 15 is 0 Å². The van der Waals surface area contributed by atoms with Gasteiger partial charge in [-0.3, -0.25) is 4.79 Å². The van der Waals surface area contributed by atoms with Gasteiger partial charge in [0.15, 0.2) is 0 Å². The van der Waals surface area contributed by atoms with Crippen LogP contribution >= 0.6 is 0 Å². The molecule has 7 nitrogen and oxygen atoms in total. The first-order chi connectivity index (χ1) is 13.5. The van der Waals surface area contributed by atoms with E-state index in [1.54, 1.807) is 6.26 Å². The predicted molar refractivity (Wildman–Crippen MR) is 107 cm³/mol. The van der Waals surface area contributed by atoms with Crippen molar-refractivity contribution in [3.63, 3.8) is 0 Å². The minimum absolute atomic E-state index is 0.0232. The zero-order valence-corrected chi connectivity index (χ0v) is 17.2. The van der Waals surface area contributed by atoms with Gasteiger partial charge in [0.1, 0.15) is 11.2 Å². The highest BCUT2D eigenvalue weighted by Gasteiger charge is 2.23. The molecule has 0 radical (unpaired) electrons. The van der Waals surface area contributed by atoms with Crippen molar-refractivity contribution in [3.05, 3.63) is 45.0 Å². The number of aliphatic carboxylic acids is 1. The molecule has 0 spiro atoms. The Hall–Kier alpha value is -3.09. The highest BCUT2D eigenvalue weighted by molar-refractivity contribution is 6.00. The molecule has 0 saturated carbocycles. The van der Waals surface area contributed by atoms with Gasteiger partial charge >= 0.3 is 5.63 Å². The molecule has 0 unspecified atom stereocenters. The molecule has 0 aliphatic carbocycles. The lowest BCUT2D eigenvalue weighted by atomic mass is 9.86. The Balaban J connectivity index is 2.07. The van der Waals surface area contributed by atoms with Gasteiger partial charge in [-0.05, 0) is 37.3 Å². The van der Waals surface area contributed by atoms with Gasteiger partial charge in [-0.1, -0.05) is 20.8 Å². The third-order valence-corrected chi connectivity index (χ3v) is 5.18. The highest BCUT2D eigenvalue weighted by Crippen LogP contribution is 2.37. The van der Waals surface area contributed by atoms with Crippen LogP contribution in [0.2, 0.25) is 0 Å². The average Bonchev–Trinajstić information content (AvgIpc) is 3.05. The van der Waals surface area contributed by atoms with Crippen molar-refractivity contribution < 1.29 is 23.5 Å². The maximum absolute atomic E-state index is 12.6. The number of rotatable bonds is 5. The minimum atomic E-state index is -1.37. The second kappa shape index (κ2) is 7.39. The van der Waals surface area contributed by atoms with Crippen molar-refractivity contribution >= 4 is 33.8 Å². The van der Waals surface area contributed by atoms with Crippen LogP contribution in [0.1, 0.15) is 49.4 Å². The van der Waals surface area contributed by atoms with Crippen molar-refractivity contribution in [2.24, 2.45) is 0 Å². The van der Waals surface area contributed by atoms with Crippen molar-refractivity contribution in [3.8, 4) is 0 Å². The molecule has 0 saturated heterocycles. The first-order valence-electron chi connectivity index (χ1n) is 9.44. The largest absolute Gasteiger partial charge is 0.548 e. The second-order valence-corrected chi connectivity index (χ2v) is 8.30. The fourth-order valence-electron chi connectivity index (χ4n) is 3.56. The zero-order chi connectivity index (χ0) is 21.5. The molecular formula is C22H24NO6-. The lowest BCUT2D eigenvalue weighted by Gasteiger charge is -2.17. The van der Waals surface area contributed by atoms with Crippen molar-refractivity contribution in [1.29, 1.82) is 0 Å². The molecule has 0 aliphatic heterocycles. The maximum Gasteiger partial charge on any atom is 0.339 e. The van der Waals surface area contributed by atoms with E-state index in [9.17, 15) is 19.5 Å². The van der Waals surface area contributed by atoms with E-state index in [0.717, 1.165) is 27.5 Å². The predicted octanol–water partition coefficient (Wildman–Crippen LogP) is 2.25. The minimum Gasteiger partial charge on any atom is -0.548 e. The highest BCUT2D eigenvalue weighted by atomic mass is 16.4. The number of carbonyl (C=O) groups excluding carboxylic acids is 2. The second-order valence-electron chi connectivity index (χ2n) is 8.30. The van der Waals surface area contributed by atoms with Crippen LogP contribution < -0.4 is 16.0 Å². The Kier molecular flexibility index (Phi) is 5.26. The lowest BCUT2D eigenvalue weighted by Crippen LogP contribution is -2.37. The molecule has 2 aromatic heterocycles. The maximum atomic E-state index is 12.6. The van der Waals surface area contributed by atoms with Crippen LogP contribution in [0.15, 0.2) is 26.0 Å². The Morgan fingerprint density at radius 3 is 2.41 bits per heavy atom. The van der Waals surface area contributed by atoms with Crippen LogP contribution in [0, 0.1) is 13.8 Å². The summed E-state index contributed by atoms with van der Waals surface area (Å²) < 4.78 is 11.4. The number of aryl methyl sites for hydroxylation is 2. The summed E-state index contributed by atoms with van der Waals surface area (Å²) in [4.78, 5) is 34.8. The number of nitrogens with one attached hydrogen (secondary N) is 1. The van der Waals surface area contributed by atoms with E-state index < -0.39 is 24.0 Å². The van der Waals surface area contributed by atoms with Crippen LogP contribution in [0.5, 0.6) is 0 Å². The van der Waals surface area contributed by atoms with Gasteiger partial charge in [-0.25, -0.2) is 4.79 Å². The van der Waals surface area contributed by atoms with Gasteiger partial charge in [0.25, 0.3) is 0 Å².